The Labute approximate surface area is 155 Å². The SMILES string of the molecule is CCNC(=S)NN=Cc1cc(Br)c(OCC(=O)N(C)C)c(OC)c1. The topological polar surface area (TPSA) is 75.2 Å². The van der Waals surface area contributed by atoms with E-state index in [0.717, 1.165) is 12.1 Å². The number of nitrogens with one attached hydrogen (secondary N) is 2. The van der Waals surface area contributed by atoms with Gasteiger partial charge in [0, 0.05) is 20.6 Å². The first kappa shape index (κ1) is 20.2. The van der Waals surface area contributed by atoms with Crippen molar-refractivity contribution in [2.45, 2.75) is 6.92 Å². The molecule has 132 valence electrons. The number of halogens is 1. The highest BCUT2D eigenvalue weighted by Gasteiger charge is 2.13. The summed E-state index contributed by atoms with van der Waals surface area (Å²) in [6.07, 6.45) is 1.60. The van der Waals surface area contributed by atoms with Gasteiger partial charge in [-0.2, -0.15) is 5.10 Å². The molecule has 0 spiro atoms. The van der Waals surface area contributed by atoms with Gasteiger partial charge in [-0.15, -0.1) is 0 Å². The molecule has 0 aromatic heterocycles. The van der Waals surface area contributed by atoms with Crippen molar-refractivity contribution in [1.82, 2.24) is 15.6 Å². The minimum absolute atomic E-state index is 0.0755. The van der Waals surface area contributed by atoms with Crippen LogP contribution in [0.15, 0.2) is 21.7 Å². The van der Waals surface area contributed by atoms with Gasteiger partial charge in [-0.1, -0.05) is 0 Å². The van der Waals surface area contributed by atoms with Crippen molar-refractivity contribution < 1.29 is 14.3 Å². The molecular weight excluding hydrogens is 396 g/mol. The van der Waals surface area contributed by atoms with Gasteiger partial charge in [0.2, 0.25) is 0 Å². The van der Waals surface area contributed by atoms with E-state index in [1.165, 1.54) is 12.0 Å². The van der Waals surface area contributed by atoms with Crippen LogP contribution in [0.2, 0.25) is 0 Å². The molecule has 2 N–H and O–H groups in total. The molecule has 0 saturated heterocycles. The summed E-state index contributed by atoms with van der Waals surface area (Å²) in [6, 6.07) is 3.56. The molecular formula is C15H21BrN4O3S. The number of hydrazone groups is 1. The summed E-state index contributed by atoms with van der Waals surface area (Å²) in [5.41, 5.74) is 3.48. The largest absolute Gasteiger partial charge is 0.493 e. The van der Waals surface area contributed by atoms with Crippen LogP contribution in [0.3, 0.4) is 0 Å². The van der Waals surface area contributed by atoms with Gasteiger partial charge in [0.15, 0.2) is 23.2 Å². The van der Waals surface area contributed by atoms with Crippen molar-refractivity contribution >= 4 is 45.4 Å². The van der Waals surface area contributed by atoms with Crippen molar-refractivity contribution in [3.63, 3.8) is 0 Å². The molecule has 0 aliphatic rings. The number of carbonyl (C=O) groups excluding carboxylic acids is 1. The summed E-state index contributed by atoms with van der Waals surface area (Å²) in [5, 5.41) is 7.42. The fraction of sp³-hybridized carbons (Fsp3) is 0.400. The number of amides is 1. The van der Waals surface area contributed by atoms with Crippen LogP contribution in [0.5, 0.6) is 11.5 Å². The van der Waals surface area contributed by atoms with Crippen LogP contribution in [-0.2, 0) is 4.79 Å². The Balaban J connectivity index is 2.85. The molecule has 0 fully saturated rings. The summed E-state index contributed by atoms with van der Waals surface area (Å²) < 4.78 is 11.5. The number of hydrogen-bond acceptors (Lipinski definition) is 5. The molecule has 0 radical (unpaired) electrons. The Bertz CT molecular complexity index is 623. The normalized spacial score (nSPS) is 10.4. The molecule has 1 aromatic carbocycles. The number of likely N-dealkylation sites (N-methyl/N-ethyl adjacent to an activating group) is 1. The zero-order chi connectivity index (χ0) is 18.1. The molecule has 0 bridgehead atoms. The predicted octanol–water partition coefficient (Wildman–Crippen LogP) is 1.74. The Kier molecular flexibility index (Phi) is 8.48. The Morgan fingerprint density at radius 2 is 2.17 bits per heavy atom. The number of methoxy groups -OCH3 is 1. The van der Waals surface area contributed by atoms with Gasteiger partial charge in [-0.05, 0) is 52.8 Å². The maximum absolute atomic E-state index is 11.6. The number of carbonyl (C=O) groups is 1. The third kappa shape index (κ3) is 6.32. The molecule has 0 heterocycles. The molecule has 1 aromatic rings. The molecule has 9 heteroatoms. The lowest BCUT2D eigenvalue weighted by atomic mass is 10.2. The highest BCUT2D eigenvalue weighted by atomic mass is 79.9. The fourth-order valence-corrected chi connectivity index (χ4v) is 2.35. The van der Waals surface area contributed by atoms with Crippen LogP contribution in [0.4, 0.5) is 0 Å². The number of nitrogens with zero attached hydrogens (tertiary/aromatic N) is 2. The van der Waals surface area contributed by atoms with Crippen LogP contribution in [-0.4, -0.2) is 56.5 Å². The van der Waals surface area contributed by atoms with Gasteiger partial charge in [0.05, 0.1) is 17.8 Å². The lowest BCUT2D eigenvalue weighted by Crippen LogP contribution is -2.31. The first-order valence-corrected chi connectivity index (χ1v) is 8.36. The van der Waals surface area contributed by atoms with Crippen LogP contribution in [0.25, 0.3) is 0 Å². The van der Waals surface area contributed by atoms with E-state index in [1.807, 2.05) is 6.92 Å². The highest BCUT2D eigenvalue weighted by molar-refractivity contribution is 9.10. The molecule has 0 unspecified atom stereocenters. The van der Waals surface area contributed by atoms with E-state index < -0.39 is 0 Å². The maximum Gasteiger partial charge on any atom is 0.259 e. The molecule has 1 rings (SSSR count). The van der Waals surface area contributed by atoms with Gasteiger partial charge < -0.3 is 19.7 Å². The number of thiocarbonyl (C=S) groups is 1. The minimum atomic E-state index is -0.143. The van der Waals surface area contributed by atoms with Gasteiger partial charge in [-0.25, -0.2) is 0 Å². The first-order chi connectivity index (χ1) is 11.4. The van der Waals surface area contributed by atoms with Crippen molar-refractivity contribution in [3.8, 4) is 11.5 Å². The van der Waals surface area contributed by atoms with Crippen LogP contribution in [0.1, 0.15) is 12.5 Å². The van der Waals surface area contributed by atoms with E-state index in [9.17, 15) is 4.79 Å². The number of ether oxygens (including phenoxy) is 2. The number of hydrogen-bond donors (Lipinski definition) is 2. The summed E-state index contributed by atoms with van der Waals surface area (Å²) in [7, 11) is 4.87. The van der Waals surface area contributed by atoms with Crippen LogP contribution < -0.4 is 20.2 Å². The smallest absolute Gasteiger partial charge is 0.259 e. The molecule has 24 heavy (non-hydrogen) atoms. The zero-order valence-corrected chi connectivity index (χ0v) is 16.5. The fourth-order valence-electron chi connectivity index (χ4n) is 1.58. The number of rotatable bonds is 7. The maximum atomic E-state index is 11.6. The summed E-state index contributed by atoms with van der Waals surface area (Å²) in [5.74, 6) is 0.809. The summed E-state index contributed by atoms with van der Waals surface area (Å²) >= 11 is 8.44. The molecule has 0 aliphatic heterocycles. The number of benzene rings is 1. The van der Waals surface area contributed by atoms with E-state index in [4.69, 9.17) is 21.7 Å². The second kappa shape index (κ2) is 10.1. The van der Waals surface area contributed by atoms with Crippen molar-refractivity contribution in [3.05, 3.63) is 22.2 Å². The quantitative estimate of drug-likeness (QED) is 0.400. The minimum Gasteiger partial charge on any atom is -0.493 e. The van der Waals surface area contributed by atoms with Gasteiger partial charge in [0.25, 0.3) is 5.91 Å². The van der Waals surface area contributed by atoms with Crippen LogP contribution >= 0.6 is 28.1 Å². The Morgan fingerprint density at radius 3 is 2.75 bits per heavy atom. The standard InChI is InChI=1S/C15H21BrN4O3S/c1-5-17-15(24)19-18-8-10-6-11(16)14(12(7-10)22-4)23-9-13(21)20(2)3/h6-8H,5,9H2,1-4H3,(H2,17,19,24). The third-order valence-electron chi connectivity index (χ3n) is 2.81. The Hall–Kier alpha value is -1.87. The van der Waals surface area contributed by atoms with Crippen molar-refractivity contribution in [1.29, 1.82) is 0 Å². The van der Waals surface area contributed by atoms with E-state index in [-0.39, 0.29) is 12.5 Å². The van der Waals surface area contributed by atoms with E-state index in [1.54, 1.807) is 32.4 Å². The van der Waals surface area contributed by atoms with Crippen LogP contribution in [0, 0.1) is 0 Å². The van der Waals surface area contributed by atoms with E-state index in [0.29, 0.717) is 21.1 Å². The zero-order valence-electron chi connectivity index (χ0n) is 14.1. The van der Waals surface area contributed by atoms with Gasteiger partial charge in [0.1, 0.15) is 0 Å². The average molecular weight is 417 g/mol. The lowest BCUT2D eigenvalue weighted by Gasteiger charge is -2.15. The molecule has 0 atom stereocenters. The van der Waals surface area contributed by atoms with E-state index >= 15 is 0 Å². The van der Waals surface area contributed by atoms with Gasteiger partial charge in [-0.3, -0.25) is 10.2 Å². The third-order valence-corrected chi connectivity index (χ3v) is 3.63. The molecule has 0 saturated carbocycles. The highest BCUT2D eigenvalue weighted by Crippen LogP contribution is 2.36. The molecule has 0 aliphatic carbocycles. The average Bonchev–Trinajstić information content (AvgIpc) is 2.53. The van der Waals surface area contributed by atoms with Gasteiger partial charge >= 0.3 is 0 Å². The molecule has 7 nitrogen and oxygen atoms in total. The first-order valence-electron chi connectivity index (χ1n) is 7.16. The lowest BCUT2D eigenvalue weighted by molar-refractivity contribution is -0.130. The van der Waals surface area contributed by atoms with Crippen molar-refractivity contribution in [2.75, 3.05) is 34.4 Å². The summed E-state index contributed by atoms with van der Waals surface area (Å²) in [4.78, 5) is 13.1. The van der Waals surface area contributed by atoms with E-state index in [2.05, 4.69) is 31.8 Å². The van der Waals surface area contributed by atoms with Crippen molar-refractivity contribution in [2.24, 2.45) is 5.10 Å². The molecule has 1 amide bonds. The predicted molar refractivity (Wildman–Crippen MR) is 102 cm³/mol. The monoisotopic (exact) mass is 416 g/mol. The summed E-state index contributed by atoms with van der Waals surface area (Å²) in [6.45, 7) is 2.59. The second-order valence-electron chi connectivity index (χ2n) is 4.84. The second-order valence-corrected chi connectivity index (χ2v) is 6.10. The Morgan fingerprint density at radius 1 is 1.46 bits per heavy atom.